The van der Waals surface area contributed by atoms with Gasteiger partial charge in [-0.15, -0.1) is 11.3 Å². The molecule has 2 heterocycles. The van der Waals surface area contributed by atoms with Gasteiger partial charge in [-0.05, 0) is 42.9 Å². The van der Waals surface area contributed by atoms with Gasteiger partial charge in [-0.2, -0.15) is 0 Å². The molecule has 1 aromatic carbocycles. The Hall–Kier alpha value is -2.54. The highest BCUT2D eigenvalue weighted by Gasteiger charge is 2.21. The van der Waals surface area contributed by atoms with Crippen molar-refractivity contribution >= 4 is 27.5 Å². The summed E-state index contributed by atoms with van der Waals surface area (Å²) >= 11 is 1.58. The number of aryl methyl sites for hydroxylation is 2. The van der Waals surface area contributed by atoms with Crippen LogP contribution in [-0.4, -0.2) is 22.0 Å². The summed E-state index contributed by atoms with van der Waals surface area (Å²) in [5, 5.41) is 3.41. The highest BCUT2D eigenvalue weighted by atomic mass is 32.1. The fraction of sp³-hybridized carbons (Fsp3) is 0.316. The second kappa shape index (κ2) is 6.99. The number of amides is 1. The van der Waals surface area contributed by atoms with Crippen LogP contribution in [0.2, 0.25) is 0 Å². The smallest absolute Gasteiger partial charge is 0.262 e. The number of rotatable bonds is 5. The van der Waals surface area contributed by atoms with E-state index in [9.17, 15) is 14.0 Å². The predicted octanol–water partition coefficient (Wildman–Crippen LogP) is 2.44. The molecule has 26 heavy (non-hydrogen) atoms. The van der Waals surface area contributed by atoms with Crippen LogP contribution in [0.3, 0.4) is 0 Å². The Bertz CT molecular complexity index is 1040. The normalized spacial score (nSPS) is 13.1. The van der Waals surface area contributed by atoms with Crippen LogP contribution in [-0.2, 0) is 30.6 Å². The first-order valence-corrected chi connectivity index (χ1v) is 9.45. The summed E-state index contributed by atoms with van der Waals surface area (Å²) in [6.07, 6.45) is 4.83. The Balaban J connectivity index is 1.44. The van der Waals surface area contributed by atoms with Crippen molar-refractivity contribution in [3.05, 3.63) is 62.8 Å². The van der Waals surface area contributed by atoms with E-state index in [1.54, 1.807) is 29.5 Å². The molecule has 0 saturated carbocycles. The Kier molecular flexibility index (Phi) is 4.55. The van der Waals surface area contributed by atoms with Crippen molar-refractivity contribution in [3.8, 4) is 0 Å². The van der Waals surface area contributed by atoms with Gasteiger partial charge in [0.15, 0.2) is 0 Å². The first-order chi connectivity index (χ1) is 12.6. The maximum Gasteiger partial charge on any atom is 0.262 e. The lowest BCUT2D eigenvalue weighted by Crippen LogP contribution is -2.33. The first-order valence-electron chi connectivity index (χ1n) is 8.63. The standard InChI is InChI=1S/C19H18FN3O2S/c20-14-6-2-1-4-12(14)8-9-21-16(24)10-23-11-22-18-17(19(23)25)13-5-3-7-15(13)26-18/h1-2,4,6,11H,3,5,7-10H2,(H,21,24). The molecule has 0 saturated heterocycles. The molecule has 1 N–H and O–H groups in total. The number of nitrogens with one attached hydrogen (secondary N) is 1. The van der Waals surface area contributed by atoms with E-state index in [0.717, 1.165) is 29.7 Å². The second-order valence-electron chi connectivity index (χ2n) is 6.41. The second-order valence-corrected chi connectivity index (χ2v) is 7.49. The molecule has 1 amide bonds. The van der Waals surface area contributed by atoms with Gasteiger partial charge in [0.2, 0.25) is 5.91 Å². The number of hydrogen-bond acceptors (Lipinski definition) is 4. The van der Waals surface area contributed by atoms with Gasteiger partial charge in [-0.1, -0.05) is 18.2 Å². The lowest BCUT2D eigenvalue weighted by atomic mass is 10.1. The third-order valence-electron chi connectivity index (χ3n) is 4.68. The van der Waals surface area contributed by atoms with Crippen molar-refractivity contribution in [2.45, 2.75) is 32.2 Å². The van der Waals surface area contributed by atoms with Gasteiger partial charge in [0, 0.05) is 11.4 Å². The minimum Gasteiger partial charge on any atom is -0.354 e. The number of aromatic nitrogens is 2. The number of carbonyl (C=O) groups excluding carboxylic acids is 1. The zero-order chi connectivity index (χ0) is 18.1. The van der Waals surface area contributed by atoms with Crippen molar-refractivity contribution in [2.75, 3.05) is 6.54 Å². The van der Waals surface area contributed by atoms with E-state index >= 15 is 0 Å². The highest BCUT2D eigenvalue weighted by Crippen LogP contribution is 2.34. The molecule has 5 nitrogen and oxygen atoms in total. The number of carbonyl (C=O) groups is 1. The van der Waals surface area contributed by atoms with Gasteiger partial charge in [-0.25, -0.2) is 9.37 Å². The Morgan fingerprint density at radius 3 is 3.00 bits per heavy atom. The third-order valence-corrected chi connectivity index (χ3v) is 5.88. The molecule has 1 aliphatic carbocycles. The molecule has 2 aromatic heterocycles. The van der Waals surface area contributed by atoms with Crippen molar-refractivity contribution in [2.24, 2.45) is 0 Å². The number of halogens is 1. The SMILES string of the molecule is O=C(Cn1cnc2sc3c(c2c1=O)CCC3)NCCc1ccccc1F. The van der Waals surface area contributed by atoms with Crippen molar-refractivity contribution in [1.82, 2.24) is 14.9 Å². The average molecular weight is 371 g/mol. The third kappa shape index (κ3) is 3.14. The molecular weight excluding hydrogens is 353 g/mol. The zero-order valence-electron chi connectivity index (χ0n) is 14.1. The fourth-order valence-corrected chi connectivity index (χ4v) is 4.60. The molecule has 0 fully saturated rings. The summed E-state index contributed by atoms with van der Waals surface area (Å²) in [5.74, 6) is -0.560. The molecule has 7 heteroatoms. The number of thiophene rings is 1. The number of nitrogens with zero attached hydrogens (tertiary/aromatic N) is 2. The van der Waals surface area contributed by atoms with E-state index < -0.39 is 0 Å². The summed E-state index contributed by atoms with van der Waals surface area (Å²) < 4.78 is 14.9. The Labute approximate surface area is 153 Å². The van der Waals surface area contributed by atoms with E-state index in [1.807, 2.05) is 0 Å². The van der Waals surface area contributed by atoms with Gasteiger partial charge in [0.05, 0.1) is 11.7 Å². The molecule has 0 atom stereocenters. The van der Waals surface area contributed by atoms with Crippen molar-refractivity contribution in [3.63, 3.8) is 0 Å². The molecule has 0 aliphatic heterocycles. The van der Waals surface area contributed by atoms with Crippen LogP contribution < -0.4 is 10.9 Å². The van der Waals surface area contributed by atoms with E-state index in [-0.39, 0.29) is 23.8 Å². The summed E-state index contributed by atoms with van der Waals surface area (Å²) in [4.78, 5) is 31.2. The maximum absolute atomic E-state index is 13.6. The summed E-state index contributed by atoms with van der Waals surface area (Å²) in [5.41, 5.74) is 1.51. The van der Waals surface area contributed by atoms with Crippen LogP contribution in [0.1, 0.15) is 22.4 Å². The Morgan fingerprint density at radius 1 is 1.31 bits per heavy atom. The molecule has 0 unspecified atom stereocenters. The zero-order valence-corrected chi connectivity index (χ0v) is 14.9. The minimum absolute atomic E-state index is 0.0797. The lowest BCUT2D eigenvalue weighted by Gasteiger charge is -2.08. The molecule has 0 radical (unpaired) electrons. The Morgan fingerprint density at radius 2 is 2.15 bits per heavy atom. The van der Waals surface area contributed by atoms with Gasteiger partial charge in [-0.3, -0.25) is 14.2 Å². The van der Waals surface area contributed by atoms with E-state index in [2.05, 4.69) is 10.3 Å². The number of hydrogen-bond donors (Lipinski definition) is 1. The van der Waals surface area contributed by atoms with Gasteiger partial charge >= 0.3 is 0 Å². The van der Waals surface area contributed by atoms with E-state index in [1.165, 1.54) is 21.8 Å². The number of benzene rings is 1. The minimum atomic E-state index is -0.281. The van der Waals surface area contributed by atoms with E-state index in [0.29, 0.717) is 23.9 Å². The largest absolute Gasteiger partial charge is 0.354 e. The number of fused-ring (bicyclic) bond motifs is 3. The molecule has 134 valence electrons. The average Bonchev–Trinajstić information content (AvgIpc) is 3.20. The van der Waals surface area contributed by atoms with Gasteiger partial charge < -0.3 is 5.32 Å². The molecular formula is C19H18FN3O2S. The predicted molar refractivity (Wildman–Crippen MR) is 99.0 cm³/mol. The molecule has 4 rings (SSSR count). The van der Waals surface area contributed by atoms with Crippen LogP contribution in [0.15, 0.2) is 35.4 Å². The van der Waals surface area contributed by atoms with E-state index in [4.69, 9.17) is 0 Å². The van der Waals surface area contributed by atoms with Crippen LogP contribution in [0.4, 0.5) is 4.39 Å². The van der Waals surface area contributed by atoms with Crippen LogP contribution in [0.25, 0.3) is 10.2 Å². The summed E-state index contributed by atoms with van der Waals surface area (Å²) in [6.45, 7) is 0.238. The monoisotopic (exact) mass is 371 g/mol. The quantitative estimate of drug-likeness (QED) is 0.749. The van der Waals surface area contributed by atoms with Crippen molar-refractivity contribution in [1.29, 1.82) is 0 Å². The first kappa shape index (κ1) is 16.9. The van der Waals surface area contributed by atoms with Gasteiger partial charge in [0.25, 0.3) is 5.56 Å². The molecule has 0 spiro atoms. The lowest BCUT2D eigenvalue weighted by molar-refractivity contribution is -0.121. The topological polar surface area (TPSA) is 64.0 Å². The van der Waals surface area contributed by atoms with Crippen LogP contribution in [0.5, 0.6) is 0 Å². The van der Waals surface area contributed by atoms with Crippen LogP contribution >= 0.6 is 11.3 Å². The van der Waals surface area contributed by atoms with Crippen molar-refractivity contribution < 1.29 is 9.18 Å². The summed E-state index contributed by atoms with van der Waals surface area (Å²) in [7, 11) is 0. The fourth-order valence-electron chi connectivity index (χ4n) is 3.38. The highest BCUT2D eigenvalue weighted by molar-refractivity contribution is 7.18. The molecule has 0 bridgehead atoms. The maximum atomic E-state index is 13.6. The summed E-state index contributed by atoms with van der Waals surface area (Å²) in [6, 6.07) is 6.49. The molecule has 1 aliphatic rings. The molecule has 3 aromatic rings. The van der Waals surface area contributed by atoms with Crippen LogP contribution in [0, 0.1) is 5.82 Å². The van der Waals surface area contributed by atoms with Gasteiger partial charge in [0.1, 0.15) is 17.2 Å².